The summed E-state index contributed by atoms with van der Waals surface area (Å²) in [6.45, 7) is 2.24. The van der Waals surface area contributed by atoms with Crippen molar-refractivity contribution < 1.29 is 9.63 Å². The maximum atomic E-state index is 11.0. The lowest BCUT2D eigenvalue weighted by Crippen LogP contribution is -2.18. The van der Waals surface area contributed by atoms with E-state index in [0.29, 0.717) is 0 Å². The quantitative estimate of drug-likeness (QED) is 0.311. The molecule has 1 aromatic carbocycles. The molecule has 0 amide bonds. The van der Waals surface area contributed by atoms with Crippen LogP contribution in [0.1, 0.15) is 64.7 Å². The molecule has 1 aromatic rings. The summed E-state index contributed by atoms with van der Waals surface area (Å²) in [5.74, 6) is 0. The van der Waals surface area contributed by atoms with Crippen molar-refractivity contribution in [3.8, 4) is 0 Å². The first-order chi connectivity index (χ1) is 10.4. The van der Waals surface area contributed by atoms with Crippen LogP contribution in [0.5, 0.6) is 0 Å². The Morgan fingerprint density at radius 1 is 1.00 bits per heavy atom. The summed E-state index contributed by atoms with van der Waals surface area (Å²) in [6, 6.07) is 9.64. The smallest absolute Gasteiger partial charge is 0.151 e. The summed E-state index contributed by atoms with van der Waals surface area (Å²) in [7, 11) is 0. The van der Waals surface area contributed by atoms with E-state index < -0.39 is 0 Å². The van der Waals surface area contributed by atoms with Gasteiger partial charge in [0.05, 0.1) is 5.69 Å². The van der Waals surface area contributed by atoms with Gasteiger partial charge >= 0.3 is 0 Å². The first kappa shape index (κ1) is 17.7. The van der Waals surface area contributed by atoms with Gasteiger partial charge in [-0.15, -0.1) is 0 Å². The molecule has 0 saturated carbocycles. The number of nitrogens with one attached hydrogen (secondary N) is 1. The molecule has 0 radical (unpaired) electrons. The third-order valence-electron chi connectivity index (χ3n) is 3.60. The number of rotatable bonds is 13. The fourth-order valence-electron chi connectivity index (χ4n) is 2.28. The second-order valence-electron chi connectivity index (χ2n) is 5.52. The molecule has 0 aliphatic heterocycles. The number of hydrogen-bond acceptors (Lipinski definition) is 3. The summed E-state index contributed by atoms with van der Waals surface area (Å²) >= 11 is 0. The van der Waals surface area contributed by atoms with E-state index in [1.807, 2.05) is 30.3 Å². The van der Waals surface area contributed by atoms with E-state index in [4.69, 9.17) is 4.84 Å². The van der Waals surface area contributed by atoms with Gasteiger partial charge in [-0.1, -0.05) is 76.5 Å². The van der Waals surface area contributed by atoms with Crippen molar-refractivity contribution in [1.82, 2.24) is 0 Å². The molecule has 0 spiro atoms. The van der Waals surface area contributed by atoms with Gasteiger partial charge in [0, 0.05) is 0 Å². The first-order valence-corrected chi connectivity index (χ1v) is 8.28. The number of anilines is 1. The third kappa shape index (κ3) is 9.24. The van der Waals surface area contributed by atoms with Crippen LogP contribution in [-0.2, 0) is 9.63 Å². The van der Waals surface area contributed by atoms with Gasteiger partial charge in [0.15, 0.2) is 6.29 Å². The van der Waals surface area contributed by atoms with Crippen molar-refractivity contribution in [3.05, 3.63) is 30.3 Å². The number of hydrogen-bond donors (Lipinski definition) is 1. The molecule has 1 rings (SSSR count). The monoisotopic (exact) mass is 291 g/mol. The number of benzene rings is 1. The molecule has 1 N–H and O–H groups in total. The van der Waals surface area contributed by atoms with Gasteiger partial charge < -0.3 is 4.79 Å². The van der Waals surface area contributed by atoms with E-state index in [-0.39, 0.29) is 6.10 Å². The molecule has 21 heavy (non-hydrogen) atoms. The Kier molecular flexibility index (Phi) is 10.4. The molecule has 3 heteroatoms. The fourth-order valence-corrected chi connectivity index (χ4v) is 2.28. The van der Waals surface area contributed by atoms with Crippen LogP contribution in [0, 0.1) is 0 Å². The van der Waals surface area contributed by atoms with Gasteiger partial charge in [0.2, 0.25) is 0 Å². The Labute approximate surface area is 129 Å². The Balaban J connectivity index is 2.02. The van der Waals surface area contributed by atoms with Crippen LogP contribution in [0.2, 0.25) is 0 Å². The molecule has 0 saturated heterocycles. The minimum Gasteiger partial charge on any atom is -0.300 e. The number of carbonyl (C=O) groups excluding carboxylic acids is 1. The lowest BCUT2D eigenvalue weighted by Gasteiger charge is -2.13. The zero-order valence-electron chi connectivity index (χ0n) is 13.2. The summed E-state index contributed by atoms with van der Waals surface area (Å²) in [5, 5.41) is 0. The Morgan fingerprint density at radius 2 is 1.62 bits per heavy atom. The predicted molar refractivity (Wildman–Crippen MR) is 88.2 cm³/mol. The molecule has 0 heterocycles. The summed E-state index contributed by atoms with van der Waals surface area (Å²) in [4.78, 5) is 16.4. The van der Waals surface area contributed by atoms with Crippen molar-refractivity contribution >= 4 is 12.0 Å². The van der Waals surface area contributed by atoms with Gasteiger partial charge in [0.25, 0.3) is 0 Å². The van der Waals surface area contributed by atoms with Gasteiger partial charge in [-0.25, -0.2) is 0 Å². The van der Waals surface area contributed by atoms with Crippen molar-refractivity contribution in [1.29, 1.82) is 0 Å². The molecule has 3 nitrogen and oxygen atoms in total. The molecular formula is C18H29NO2. The summed E-state index contributed by atoms with van der Waals surface area (Å²) in [6.07, 6.45) is 11.5. The molecule has 0 bridgehead atoms. The standard InChI is InChI=1S/C18H29NO2/c1-2-3-4-5-6-7-8-12-15-18(16-20)21-19-17-13-10-9-11-14-17/h9-11,13-14,16,18-19H,2-8,12,15H2,1H3. The van der Waals surface area contributed by atoms with E-state index in [2.05, 4.69) is 12.4 Å². The zero-order chi connectivity index (χ0) is 15.2. The SMILES string of the molecule is CCCCCCCCCCC(C=O)ONc1ccccc1. The van der Waals surface area contributed by atoms with Crippen LogP contribution in [0.3, 0.4) is 0 Å². The van der Waals surface area contributed by atoms with E-state index in [1.165, 1.54) is 44.9 Å². The first-order valence-electron chi connectivity index (χ1n) is 8.28. The normalized spacial score (nSPS) is 12.0. The number of aldehydes is 1. The molecule has 0 aliphatic rings. The molecule has 0 aromatic heterocycles. The van der Waals surface area contributed by atoms with Crippen molar-refractivity contribution in [2.75, 3.05) is 5.48 Å². The molecular weight excluding hydrogens is 262 g/mol. The number of para-hydroxylation sites is 1. The third-order valence-corrected chi connectivity index (χ3v) is 3.60. The molecule has 0 fully saturated rings. The van der Waals surface area contributed by atoms with Crippen LogP contribution in [0.4, 0.5) is 5.69 Å². The molecule has 118 valence electrons. The largest absolute Gasteiger partial charge is 0.300 e. The minimum absolute atomic E-state index is 0.356. The average molecular weight is 291 g/mol. The van der Waals surface area contributed by atoms with Crippen molar-refractivity contribution in [3.63, 3.8) is 0 Å². The van der Waals surface area contributed by atoms with Gasteiger partial charge in [0.1, 0.15) is 6.10 Å². The van der Waals surface area contributed by atoms with E-state index in [9.17, 15) is 4.79 Å². The van der Waals surface area contributed by atoms with Gasteiger partial charge in [-0.3, -0.25) is 10.3 Å². The summed E-state index contributed by atoms with van der Waals surface area (Å²) in [5.41, 5.74) is 3.71. The summed E-state index contributed by atoms with van der Waals surface area (Å²) < 4.78 is 0. The second-order valence-corrected chi connectivity index (χ2v) is 5.52. The van der Waals surface area contributed by atoms with Gasteiger partial charge in [-0.2, -0.15) is 0 Å². The highest BCUT2D eigenvalue weighted by Crippen LogP contribution is 2.12. The predicted octanol–water partition coefficient (Wildman–Crippen LogP) is 5.13. The Hall–Kier alpha value is -1.35. The molecule has 0 aliphatic carbocycles. The van der Waals surface area contributed by atoms with Crippen molar-refractivity contribution in [2.45, 2.75) is 70.8 Å². The fraction of sp³-hybridized carbons (Fsp3) is 0.611. The van der Waals surface area contributed by atoms with Crippen LogP contribution >= 0.6 is 0 Å². The Bertz CT molecular complexity index is 353. The maximum absolute atomic E-state index is 11.0. The van der Waals surface area contributed by atoms with E-state index in [1.54, 1.807) is 0 Å². The van der Waals surface area contributed by atoms with Crippen LogP contribution in [0.25, 0.3) is 0 Å². The topological polar surface area (TPSA) is 38.3 Å². The van der Waals surface area contributed by atoms with Crippen LogP contribution < -0.4 is 5.48 Å². The lowest BCUT2D eigenvalue weighted by molar-refractivity contribution is -0.116. The van der Waals surface area contributed by atoms with Crippen LogP contribution in [0.15, 0.2) is 30.3 Å². The van der Waals surface area contributed by atoms with E-state index >= 15 is 0 Å². The number of carbonyl (C=O) groups is 1. The molecule has 1 unspecified atom stereocenters. The average Bonchev–Trinajstić information content (AvgIpc) is 2.54. The molecule has 1 atom stereocenters. The van der Waals surface area contributed by atoms with Crippen LogP contribution in [-0.4, -0.2) is 12.4 Å². The zero-order valence-corrected chi connectivity index (χ0v) is 13.2. The lowest BCUT2D eigenvalue weighted by atomic mass is 10.1. The highest BCUT2D eigenvalue weighted by atomic mass is 16.7. The van der Waals surface area contributed by atoms with E-state index in [0.717, 1.165) is 24.8 Å². The Morgan fingerprint density at radius 3 is 2.24 bits per heavy atom. The maximum Gasteiger partial charge on any atom is 0.151 e. The number of unbranched alkanes of at least 4 members (excludes halogenated alkanes) is 7. The van der Waals surface area contributed by atoms with Gasteiger partial charge in [-0.05, 0) is 18.6 Å². The second kappa shape index (κ2) is 12.4. The highest BCUT2D eigenvalue weighted by Gasteiger charge is 2.07. The highest BCUT2D eigenvalue weighted by molar-refractivity contribution is 5.56. The van der Waals surface area contributed by atoms with Crippen molar-refractivity contribution in [2.24, 2.45) is 0 Å². The minimum atomic E-state index is -0.356.